The summed E-state index contributed by atoms with van der Waals surface area (Å²) in [7, 11) is 0. The number of carbonyl (C=O) groups is 2. The Morgan fingerprint density at radius 2 is 2.18 bits per heavy atom. The molecule has 0 aromatic heterocycles. The van der Waals surface area contributed by atoms with Gasteiger partial charge in [0, 0.05) is 12.7 Å². The van der Waals surface area contributed by atoms with Gasteiger partial charge in [-0.3, -0.25) is 4.79 Å². The number of nitrogens with one attached hydrogen (secondary N) is 1. The van der Waals surface area contributed by atoms with Crippen molar-refractivity contribution in [2.45, 2.75) is 13.0 Å². The van der Waals surface area contributed by atoms with Crippen LogP contribution >= 0.6 is 11.8 Å². The zero-order chi connectivity index (χ0) is 8.85. The predicted octanol–water partition coefficient (Wildman–Crippen LogP) is -0.0613. The van der Waals surface area contributed by atoms with Gasteiger partial charge >= 0.3 is 5.97 Å². The normalized spacial score (nSPS) is 12.2. The summed E-state index contributed by atoms with van der Waals surface area (Å²) in [5.74, 6) is -0.907. The minimum Gasteiger partial charge on any atom is -0.480 e. The first-order chi connectivity index (χ1) is 5.07. The van der Waals surface area contributed by atoms with E-state index in [2.05, 4.69) is 5.32 Å². The van der Waals surface area contributed by atoms with Crippen LogP contribution in [-0.4, -0.2) is 35.0 Å². The number of hydrogen-bond donors (Lipinski definition) is 2. The number of hydrogen-bond acceptors (Lipinski definition) is 3. The van der Waals surface area contributed by atoms with Gasteiger partial charge in [0.05, 0.1) is 0 Å². The Bertz CT molecular complexity index is 160. The number of thioether (sulfide) groups is 1. The molecular formula is C6H11NO3S. The molecule has 2 N–H and O–H groups in total. The van der Waals surface area contributed by atoms with Crippen molar-refractivity contribution in [2.24, 2.45) is 0 Å². The summed E-state index contributed by atoms with van der Waals surface area (Å²) in [4.78, 5) is 20.8. The van der Waals surface area contributed by atoms with Gasteiger partial charge in [-0.25, -0.2) is 4.79 Å². The second-order valence-electron chi connectivity index (χ2n) is 2.05. The Morgan fingerprint density at radius 3 is 2.45 bits per heavy atom. The van der Waals surface area contributed by atoms with Crippen LogP contribution in [0.2, 0.25) is 0 Å². The van der Waals surface area contributed by atoms with Gasteiger partial charge < -0.3 is 10.4 Å². The van der Waals surface area contributed by atoms with Crippen molar-refractivity contribution >= 4 is 23.6 Å². The van der Waals surface area contributed by atoms with E-state index >= 15 is 0 Å². The van der Waals surface area contributed by atoms with Crippen LogP contribution < -0.4 is 5.32 Å². The Morgan fingerprint density at radius 1 is 1.64 bits per heavy atom. The van der Waals surface area contributed by atoms with E-state index in [9.17, 15) is 9.59 Å². The van der Waals surface area contributed by atoms with Crippen molar-refractivity contribution in [2.75, 3.05) is 12.0 Å². The molecule has 0 spiro atoms. The number of amides is 1. The zero-order valence-electron chi connectivity index (χ0n) is 6.46. The monoisotopic (exact) mass is 177 g/mol. The first-order valence-electron chi connectivity index (χ1n) is 3.06. The topological polar surface area (TPSA) is 66.4 Å². The molecule has 5 heteroatoms. The molecule has 0 aromatic carbocycles. The summed E-state index contributed by atoms with van der Waals surface area (Å²) >= 11 is 1.38. The smallest absolute Gasteiger partial charge is 0.327 e. The standard InChI is InChI=1S/C6H11NO3S/c1-4(8)7-5(3-11-2)6(9)10/h5H,3H2,1-2H3,(H,7,8)(H,9,10)/t5-/m1/s1. The van der Waals surface area contributed by atoms with Gasteiger partial charge in [-0.1, -0.05) is 0 Å². The minimum atomic E-state index is -0.991. The molecule has 4 nitrogen and oxygen atoms in total. The Kier molecular flexibility index (Phi) is 4.69. The van der Waals surface area contributed by atoms with Gasteiger partial charge in [-0.15, -0.1) is 0 Å². The molecule has 0 saturated carbocycles. The lowest BCUT2D eigenvalue weighted by Crippen LogP contribution is -2.41. The van der Waals surface area contributed by atoms with Crippen LogP contribution in [-0.2, 0) is 9.59 Å². The van der Waals surface area contributed by atoms with Crippen molar-refractivity contribution in [3.63, 3.8) is 0 Å². The van der Waals surface area contributed by atoms with Crippen LogP contribution in [0.3, 0.4) is 0 Å². The highest BCUT2D eigenvalue weighted by molar-refractivity contribution is 7.98. The highest BCUT2D eigenvalue weighted by atomic mass is 32.2. The van der Waals surface area contributed by atoms with Gasteiger partial charge in [0.25, 0.3) is 0 Å². The summed E-state index contributed by atoms with van der Waals surface area (Å²) < 4.78 is 0. The SMILES string of the molecule is CSC[C@@H](NC(C)=O)C(=O)O. The fourth-order valence-corrected chi connectivity index (χ4v) is 1.15. The van der Waals surface area contributed by atoms with E-state index in [1.54, 1.807) is 6.26 Å². The van der Waals surface area contributed by atoms with Crippen LogP contribution in [0.4, 0.5) is 0 Å². The molecule has 1 amide bonds. The van der Waals surface area contributed by atoms with E-state index < -0.39 is 12.0 Å². The summed E-state index contributed by atoms with van der Waals surface area (Å²) in [5.41, 5.74) is 0. The van der Waals surface area contributed by atoms with Crippen molar-refractivity contribution in [3.8, 4) is 0 Å². The van der Waals surface area contributed by atoms with Crippen LogP contribution in [0.1, 0.15) is 6.92 Å². The fraction of sp³-hybridized carbons (Fsp3) is 0.667. The second kappa shape index (κ2) is 5.01. The van der Waals surface area contributed by atoms with E-state index in [4.69, 9.17) is 5.11 Å². The summed E-state index contributed by atoms with van der Waals surface area (Å²) in [6.45, 7) is 1.30. The van der Waals surface area contributed by atoms with Crippen molar-refractivity contribution in [3.05, 3.63) is 0 Å². The molecule has 0 aliphatic rings. The van der Waals surface area contributed by atoms with E-state index in [0.717, 1.165) is 0 Å². The van der Waals surface area contributed by atoms with Gasteiger partial charge in [0.2, 0.25) is 5.91 Å². The highest BCUT2D eigenvalue weighted by Gasteiger charge is 2.16. The quantitative estimate of drug-likeness (QED) is 0.631. The molecule has 0 fully saturated rings. The molecule has 0 heterocycles. The largest absolute Gasteiger partial charge is 0.480 e. The molecule has 11 heavy (non-hydrogen) atoms. The average Bonchev–Trinajstić information content (AvgIpc) is 1.86. The molecule has 1 atom stereocenters. The lowest BCUT2D eigenvalue weighted by molar-refractivity contribution is -0.140. The molecular weight excluding hydrogens is 166 g/mol. The zero-order valence-corrected chi connectivity index (χ0v) is 7.27. The second-order valence-corrected chi connectivity index (χ2v) is 2.96. The summed E-state index contributed by atoms with van der Waals surface area (Å²) in [6.07, 6.45) is 1.79. The predicted molar refractivity (Wildman–Crippen MR) is 43.6 cm³/mol. The third-order valence-corrected chi connectivity index (χ3v) is 1.68. The lowest BCUT2D eigenvalue weighted by atomic mass is 10.3. The van der Waals surface area contributed by atoms with Crippen LogP contribution in [0, 0.1) is 0 Å². The van der Waals surface area contributed by atoms with Crippen molar-refractivity contribution in [1.29, 1.82) is 0 Å². The summed E-state index contributed by atoms with van der Waals surface area (Å²) in [6, 6.07) is -0.762. The van der Waals surface area contributed by atoms with Crippen LogP contribution in [0.15, 0.2) is 0 Å². The van der Waals surface area contributed by atoms with Crippen LogP contribution in [0.25, 0.3) is 0 Å². The number of carboxylic acid groups (broad SMARTS) is 1. The minimum absolute atomic E-state index is 0.313. The first-order valence-corrected chi connectivity index (χ1v) is 4.46. The van der Waals surface area contributed by atoms with Crippen molar-refractivity contribution < 1.29 is 14.7 Å². The number of carboxylic acids is 1. The first kappa shape index (κ1) is 10.3. The van der Waals surface area contributed by atoms with E-state index in [-0.39, 0.29) is 5.91 Å². The molecule has 0 aromatic rings. The molecule has 0 radical (unpaired) electrons. The molecule has 0 aliphatic heterocycles. The number of carbonyl (C=O) groups excluding carboxylic acids is 1. The third-order valence-electron chi connectivity index (χ3n) is 1.01. The maximum Gasteiger partial charge on any atom is 0.327 e. The van der Waals surface area contributed by atoms with Gasteiger partial charge in [-0.05, 0) is 6.26 Å². The molecule has 0 rings (SSSR count). The van der Waals surface area contributed by atoms with E-state index in [1.165, 1.54) is 18.7 Å². The molecule has 64 valence electrons. The Hall–Kier alpha value is -0.710. The fourth-order valence-electron chi connectivity index (χ4n) is 0.587. The lowest BCUT2D eigenvalue weighted by Gasteiger charge is -2.10. The highest BCUT2D eigenvalue weighted by Crippen LogP contribution is 1.96. The van der Waals surface area contributed by atoms with E-state index in [1.807, 2.05) is 0 Å². The van der Waals surface area contributed by atoms with E-state index in [0.29, 0.717) is 5.75 Å². The summed E-state index contributed by atoms with van der Waals surface area (Å²) in [5, 5.41) is 10.8. The van der Waals surface area contributed by atoms with Crippen LogP contribution in [0.5, 0.6) is 0 Å². The molecule has 0 unspecified atom stereocenters. The number of rotatable bonds is 4. The average molecular weight is 177 g/mol. The molecule has 0 bridgehead atoms. The third kappa shape index (κ3) is 4.66. The molecule has 0 aliphatic carbocycles. The van der Waals surface area contributed by atoms with Gasteiger partial charge in [0.15, 0.2) is 0 Å². The maximum absolute atomic E-state index is 10.4. The van der Waals surface area contributed by atoms with Crippen molar-refractivity contribution in [1.82, 2.24) is 5.32 Å². The van der Waals surface area contributed by atoms with Gasteiger partial charge in [0.1, 0.15) is 6.04 Å². The molecule has 0 saturated heterocycles. The Labute approximate surface area is 69.4 Å². The Balaban J connectivity index is 3.89. The van der Waals surface area contributed by atoms with Gasteiger partial charge in [-0.2, -0.15) is 11.8 Å². The number of aliphatic carboxylic acids is 1. The maximum atomic E-state index is 10.4.